The minimum Gasteiger partial charge on any atom is -0.496 e. The molecule has 0 bridgehead atoms. The van der Waals surface area contributed by atoms with E-state index >= 15 is 0 Å². The third kappa shape index (κ3) is 1.50. The molecule has 0 aliphatic carbocycles. The first-order chi connectivity index (χ1) is 6.72. The van der Waals surface area contributed by atoms with Gasteiger partial charge in [-0.05, 0) is 49.6 Å². The van der Waals surface area contributed by atoms with E-state index in [0.717, 1.165) is 12.3 Å². The minimum absolute atomic E-state index is 0.569. The minimum atomic E-state index is 0.569. The highest BCUT2D eigenvalue weighted by atomic mass is 16.5. The Kier molecular flexibility index (Phi) is 2.46. The molecular weight excluding hydrogens is 174 g/mol. The first kappa shape index (κ1) is 9.53. The third-order valence-electron chi connectivity index (χ3n) is 2.98. The van der Waals surface area contributed by atoms with Crippen molar-refractivity contribution in [3.8, 4) is 5.75 Å². The van der Waals surface area contributed by atoms with Crippen molar-refractivity contribution in [3.05, 3.63) is 28.8 Å². The Morgan fingerprint density at radius 1 is 1.29 bits per heavy atom. The molecule has 1 aromatic rings. The molecule has 0 spiro atoms. The molecule has 14 heavy (non-hydrogen) atoms. The lowest BCUT2D eigenvalue weighted by Crippen LogP contribution is -2.35. The number of ether oxygens (including phenoxy) is 1. The van der Waals surface area contributed by atoms with Crippen LogP contribution in [0.2, 0.25) is 0 Å². The molecule has 1 heterocycles. The van der Waals surface area contributed by atoms with E-state index in [1.54, 1.807) is 7.11 Å². The van der Waals surface area contributed by atoms with Crippen molar-refractivity contribution in [2.24, 2.45) is 0 Å². The number of aryl methyl sites for hydroxylation is 2. The van der Waals surface area contributed by atoms with Crippen molar-refractivity contribution < 1.29 is 4.74 Å². The van der Waals surface area contributed by atoms with Gasteiger partial charge in [-0.3, -0.25) is 0 Å². The van der Waals surface area contributed by atoms with E-state index in [4.69, 9.17) is 4.74 Å². The molecule has 0 unspecified atom stereocenters. The molecule has 0 saturated carbocycles. The van der Waals surface area contributed by atoms with Crippen molar-refractivity contribution in [3.63, 3.8) is 0 Å². The van der Waals surface area contributed by atoms with Gasteiger partial charge < -0.3 is 10.1 Å². The predicted molar refractivity (Wildman–Crippen MR) is 57.8 cm³/mol. The molecule has 1 N–H and O–H groups in total. The summed E-state index contributed by atoms with van der Waals surface area (Å²) in [5, 5.41) is 3.43. The monoisotopic (exact) mass is 191 g/mol. The molecule has 0 aromatic heterocycles. The lowest BCUT2D eigenvalue weighted by molar-refractivity contribution is 0.379. The quantitative estimate of drug-likeness (QED) is 0.774. The summed E-state index contributed by atoms with van der Waals surface area (Å²) in [7, 11) is 1.73. The van der Waals surface area contributed by atoms with Crippen LogP contribution in [0, 0.1) is 13.8 Å². The largest absolute Gasteiger partial charge is 0.496 e. The van der Waals surface area contributed by atoms with E-state index in [2.05, 4.69) is 31.3 Å². The highest BCUT2D eigenvalue weighted by Gasteiger charge is 2.20. The van der Waals surface area contributed by atoms with Crippen molar-refractivity contribution in [2.45, 2.75) is 26.3 Å². The number of hydrogen-bond donors (Lipinski definition) is 1. The van der Waals surface area contributed by atoms with Gasteiger partial charge in [-0.2, -0.15) is 0 Å². The van der Waals surface area contributed by atoms with Crippen LogP contribution in [-0.4, -0.2) is 13.7 Å². The van der Waals surface area contributed by atoms with E-state index in [1.807, 2.05) is 0 Å². The number of methoxy groups -OCH3 is 1. The smallest absolute Gasteiger partial charge is 0.122 e. The Balaban J connectivity index is 2.36. The van der Waals surface area contributed by atoms with Crippen molar-refractivity contribution in [2.75, 3.05) is 13.7 Å². The molecule has 1 fully saturated rings. The average molecular weight is 191 g/mol. The third-order valence-corrected chi connectivity index (χ3v) is 2.98. The van der Waals surface area contributed by atoms with Crippen LogP contribution in [0.4, 0.5) is 0 Å². The van der Waals surface area contributed by atoms with Crippen LogP contribution in [0.5, 0.6) is 5.75 Å². The average Bonchev–Trinajstić information content (AvgIpc) is 2.08. The van der Waals surface area contributed by atoms with E-state index in [0.29, 0.717) is 6.04 Å². The maximum atomic E-state index is 5.29. The zero-order valence-electron chi connectivity index (χ0n) is 9.05. The molecule has 2 nitrogen and oxygen atoms in total. The van der Waals surface area contributed by atoms with Crippen LogP contribution in [0.1, 0.15) is 29.2 Å². The zero-order valence-corrected chi connectivity index (χ0v) is 9.05. The molecule has 1 aromatic carbocycles. The highest BCUT2D eigenvalue weighted by Crippen LogP contribution is 2.30. The summed E-state index contributed by atoms with van der Waals surface area (Å²) in [6, 6.07) is 4.94. The SMILES string of the molecule is COc1cc(C)c([C@@H]2CCN2)cc1C. The summed E-state index contributed by atoms with van der Waals surface area (Å²) >= 11 is 0. The number of benzene rings is 1. The molecule has 76 valence electrons. The summed E-state index contributed by atoms with van der Waals surface area (Å²) in [5.41, 5.74) is 3.97. The van der Waals surface area contributed by atoms with Crippen LogP contribution in [0.15, 0.2) is 12.1 Å². The van der Waals surface area contributed by atoms with Gasteiger partial charge in [-0.25, -0.2) is 0 Å². The van der Waals surface area contributed by atoms with Gasteiger partial charge in [0.1, 0.15) is 5.75 Å². The lowest BCUT2D eigenvalue weighted by Gasteiger charge is -2.30. The second-order valence-electron chi connectivity index (χ2n) is 3.97. The van der Waals surface area contributed by atoms with Gasteiger partial charge in [-0.15, -0.1) is 0 Å². The van der Waals surface area contributed by atoms with Crippen molar-refractivity contribution in [1.29, 1.82) is 0 Å². The topological polar surface area (TPSA) is 21.3 Å². The first-order valence-corrected chi connectivity index (χ1v) is 5.11. The normalized spacial score (nSPS) is 20.4. The van der Waals surface area contributed by atoms with Crippen molar-refractivity contribution >= 4 is 0 Å². The van der Waals surface area contributed by atoms with Gasteiger partial charge in [0.15, 0.2) is 0 Å². The van der Waals surface area contributed by atoms with Gasteiger partial charge in [0, 0.05) is 6.04 Å². The Hall–Kier alpha value is -1.02. The molecule has 1 aliphatic heterocycles. The van der Waals surface area contributed by atoms with E-state index in [9.17, 15) is 0 Å². The zero-order chi connectivity index (χ0) is 10.1. The molecule has 0 amide bonds. The summed E-state index contributed by atoms with van der Waals surface area (Å²) in [6.07, 6.45) is 1.26. The second kappa shape index (κ2) is 3.62. The Morgan fingerprint density at radius 2 is 2.00 bits per heavy atom. The van der Waals surface area contributed by atoms with Gasteiger partial charge in [0.25, 0.3) is 0 Å². The highest BCUT2D eigenvalue weighted by molar-refractivity contribution is 5.43. The van der Waals surface area contributed by atoms with E-state index in [-0.39, 0.29) is 0 Å². The first-order valence-electron chi connectivity index (χ1n) is 5.11. The van der Waals surface area contributed by atoms with Gasteiger partial charge in [0.05, 0.1) is 7.11 Å². The fraction of sp³-hybridized carbons (Fsp3) is 0.500. The lowest BCUT2D eigenvalue weighted by atomic mass is 9.92. The summed E-state index contributed by atoms with van der Waals surface area (Å²) < 4.78 is 5.29. The standard InChI is InChI=1S/C12H17NO/c1-8-7-12(14-3)9(2)6-10(8)11-4-5-13-11/h6-7,11,13H,4-5H2,1-3H3/t11-/m0/s1. The van der Waals surface area contributed by atoms with Gasteiger partial charge in [-0.1, -0.05) is 6.07 Å². The predicted octanol–water partition coefficient (Wildman–Crippen LogP) is 2.35. The van der Waals surface area contributed by atoms with Gasteiger partial charge >= 0.3 is 0 Å². The number of nitrogens with one attached hydrogen (secondary N) is 1. The maximum Gasteiger partial charge on any atom is 0.122 e. The van der Waals surface area contributed by atoms with Crippen LogP contribution in [-0.2, 0) is 0 Å². The number of hydrogen-bond acceptors (Lipinski definition) is 2. The second-order valence-corrected chi connectivity index (χ2v) is 3.97. The van der Waals surface area contributed by atoms with E-state index in [1.165, 1.54) is 23.1 Å². The van der Waals surface area contributed by atoms with Crippen molar-refractivity contribution in [1.82, 2.24) is 5.32 Å². The molecule has 1 saturated heterocycles. The molecule has 0 radical (unpaired) electrons. The summed E-state index contributed by atoms with van der Waals surface area (Å²) in [5.74, 6) is 0.991. The Labute approximate surface area is 85.3 Å². The summed E-state index contributed by atoms with van der Waals surface area (Å²) in [4.78, 5) is 0. The summed E-state index contributed by atoms with van der Waals surface area (Å²) in [6.45, 7) is 5.40. The molecular formula is C12H17NO. The fourth-order valence-electron chi connectivity index (χ4n) is 1.96. The number of rotatable bonds is 2. The van der Waals surface area contributed by atoms with Crippen LogP contribution in [0.3, 0.4) is 0 Å². The molecule has 1 aliphatic rings. The van der Waals surface area contributed by atoms with Crippen LogP contribution >= 0.6 is 0 Å². The van der Waals surface area contributed by atoms with Crippen LogP contribution < -0.4 is 10.1 Å². The molecule has 2 heteroatoms. The molecule has 2 rings (SSSR count). The van der Waals surface area contributed by atoms with E-state index < -0.39 is 0 Å². The molecule has 1 atom stereocenters. The fourth-order valence-corrected chi connectivity index (χ4v) is 1.96. The van der Waals surface area contributed by atoms with Crippen LogP contribution in [0.25, 0.3) is 0 Å². The van der Waals surface area contributed by atoms with Gasteiger partial charge in [0.2, 0.25) is 0 Å². The Morgan fingerprint density at radius 3 is 2.50 bits per heavy atom. The maximum absolute atomic E-state index is 5.29. The Bertz CT molecular complexity index is 342.